The van der Waals surface area contributed by atoms with Crippen LogP contribution in [0, 0.1) is 0 Å². The molecule has 0 aliphatic carbocycles. The van der Waals surface area contributed by atoms with Crippen molar-refractivity contribution in [2.75, 3.05) is 6.54 Å². The second-order valence-electron chi connectivity index (χ2n) is 3.66. The summed E-state index contributed by atoms with van der Waals surface area (Å²) < 4.78 is 2.00. The molecule has 0 aliphatic heterocycles. The first kappa shape index (κ1) is 11.2. The summed E-state index contributed by atoms with van der Waals surface area (Å²) in [6.07, 6.45) is 5.34. The Balaban J connectivity index is 2.08. The topological polar surface area (TPSA) is 50.1 Å². The van der Waals surface area contributed by atoms with E-state index in [0.717, 1.165) is 25.9 Å². The maximum atomic E-state index is 9.04. The molecule has 4 heteroatoms. The fourth-order valence-corrected chi connectivity index (χ4v) is 1.29. The molecule has 0 aromatic carbocycles. The van der Waals surface area contributed by atoms with E-state index in [4.69, 9.17) is 5.11 Å². The van der Waals surface area contributed by atoms with Crippen molar-refractivity contribution in [2.24, 2.45) is 7.05 Å². The van der Waals surface area contributed by atoms with E-state index in [1.165, 1.54) is 5.69 Å². The highest BCUT2D eigenvalue weighted by atomic mass is 16.3. The normalized spacial score (nSPS) is 13.1. The number of hydrogen-bond acceptors (Lipinski definition) is 3. The zero-order chi connectivity index (χ0) is 10.4. The Morgan fingerprint density at radius 3 is 3.00 bits per heavy atom. The van der Waals surface area contributed by atoms with E-state index in [2.05, 4.69) is 10.3 Å². The van der Waals surface area contributed by atoms with Crippen LogP contribution in [-0.4, -0.2) is 27.3 Å². The Labute approximate surface area is 85.0 Å². The molecule has 1 aromatic rings. The summed E-state index contributed by atoms with van der Waals surface area (Å²) in [4.78, 5) is 4.03. The van der Waals surface area contributed by atoms with Gasteiger partial charge in [-0.15, -0.1) is 0 Å². The number of aliphatic hydroxyl groups excluding tert-OH is 1. The minimum Gasteiger partial charge on any atom is -0.393 e. The Morgan fingerprint density at radius 1 is 1.64 bits per heavy atom. The first-order valence-corrected chi connectivity index (χ1v) is 5.04. The molecule has 0 saturated carbocycles. The van der Waals surface area contributed by atoms with Crippen LogP contribution in [0.15, 0.2) is 12.5 Å². The second kappa shape index (κ2) is 5.78. The zero-order valence-corrected chi connectivity index (χ0v) is 8.90. The van der Waals surface area contributed by atoms with E-state index in [1.54, 1.807) is 6.33 Å². The van der Waals surface area contributed by atoms with Gasteiger partial charge in [0, 0.05) is 19.8 Å². The minimum absolute atomic E-state index is 0.187. The third kappa shape index (κ3) is 3.89. The van der Waals surface area contributed by atoms with Crippen LogP contribution in [0.3, 0.4) is 0 Å². The van der Waals surface area contributed by atoms with Crippen LogP contribution in [0.4, 0.5) is 0 Å². The maximum absolute atomic E-state index is 9.04. The van der Waals surface area contributed by atoms with Gasteiger partial charge in [-0.1, -0.05) is 0 Å². The quantitative estimate of drug-likeness (QED) is 0.659. The first-order chi connectivity index (χ1) is 6.70. The van der Waals surface area contributed by atoms with Gasteiger partial charge in [0.05, 0.1) is 18.1 Å². The van der Waals surface area contributed by atoms with Gasteiger partial charge < -0.3 is 15.0 Å². The molecule has 4 nitrogen and oxygen atoms in total. The SMILES string of the molecule is CC(O)CCCNCc1cncn1C. The lowest BCUT2D eigenvalue weighted by Gasteiger charge is -2.06. The van der Waals surface area contributed by atoms with Crippen LogP contribution < -0.4 is 5.32 Å². The molecular formula is C10H19N3O. The lowest BCUT2D eigenvalue weighted by Crippen LogP contribution is -2.17. The van der Waals surface area contributed by atoms with Crippen LogP contribution in [0.5, 0.6) is 0 Å². The fraction of sp³-hybridized carbons (Fsp3) is 0.700. The molecule has 0 fully saturated rings. The standard InChI is InChI=1S/C10H19N3O/c1-9(14)4-3-5-11-6-10-7-12-8-13(10)2/h7-9,11,14H,3-6H2,1-2H3. The molecule has 0 spiro atoms. The van der Waals surface area contributed by atoms with Crippen molar-refractivity contribution in [3.05, 3.63) is 18.2 Å². The lowest BCUT2D eigenvalue weighted by atomic mass is 10.2. The average Bonchev–Trinajstić information content (AvgIpc) is 2.51. The minimum atomic E-state index is -0.187. The smallest absolute Gasteiger partial charge is 0.0945 e. The van der Waals surface area contributed by atoms with Crippen molar-refractivity contribution in [3.8, 4) is 0 Å². The van der Waals surface area contributed by atoms with Crippen LogP contribution in [-0.2, 0) is 13.6 Å². The summed E-state index contributed by atoms with van der Waals surface area (Å²) in [7, 11) is 1.99. The molecule has 2 N–H and O–H groups in total. The first-order valence-electron chi connectivity index (χ1n) is 5.04. The molecule has 1 atom stereocenters. The van der Waals surface area contributed by atoms with Crippen LogP contribution >= 0.6 is 0 Å². The van der Waals surface area contributed by atoms with Crippen molar-refractivity contribution in [2.45, 2.75) is 32.4 Å². The molecular weight excluding hydrogens is 178 g/mol. The summed E-state index contributed by atoms with van der Waals surface area (Å²) in [6, 6.07) is 0. The number of aryl methyl sites for hydroxylation is 1. The monoisotopic (exact) mass is 197 g/mol. The molecule has 1 aromatic heterocycles. The van der Waals surface area contributed by atoms with E-state index in [1.807, 2.05) is 24.7 Å². The van der Waals surface area contributed by atoms with Gasteiger partial charge in [0.25, 0.3) is 0 Å². The van der Waals surface area contributed by atoms with Gasteiger partial charge in [0.1, 0.15) is 0 Å². The van der Waals surface area contributed by atoms with E-state index in [0.29, 0.717) is 0 Å². The number of aliphatic hydroxyl groups is 1. The predicted molar refractivity (Wildman–Crippen MR) is 55.8 cm³/mol. The molecule has 0 amide bonds. The van der Waals surface area contributed by atoms with Gasteiger partial charge >= 0.3 is 0 Å². The zero-order valence-electron chi connectivity index (χ0n) is 8.90. The molecule has 80 valence electrons. The maximum Gasteiger partial charge on any atom is 0.0945 e. The molecule has 0 bridgehead atoms. The average molecular weight is 197 g/mol. The molecule has 1 unspecified atom stereocenters. The van der Waals surface area contributed by atoms with Gasteiger partial charge in [-0.2, -0.15) is 0 Å². The third-order valence-electron chi connectivity index (χ3n) is 2.20. The van der Waals surface area contributed by atoms with Crippen LogP contribution in [0.25, 0.3) is 0 Å². The molecule has 1 rings (SSSR count). The van der Waals surface area contributed by atoms with Crippen molar-refractivity contribution in [3.63, 3.8) is 0 Å². The van der Waals surface area contributed by atoms with E-state index < -0.39 is 0 Å². The number of aromatic nitrogens is 2. The highest BCUT2D eigenvalue weighted by Gasteiger charge is 1.98. The summed E-state index contributed by atoms with van der Waals surface area (Å²) in [5.74, 6) is 0. The van der Waals surface area contributed by atoms with Gasteiger partial charge in [0.15, 0.2) is 0 Å². The van der Waals surface area contributed by atoms with E-state index in [-0.39, 0.29) is 6.10 Å². The number of imidazole rings is 1. The highest BCUT2D eigenvalue weighted by molar-refractivity contribution is 4.96. The number of nitrogens with one attached hydrogen (secondary N) is 1. The summed E-state index contributed by atoms with van der Waals surface area (Å²) in [5, 5.41) is 12.3. The fourth-order valence-electron chi connectivity index (χ4n) is 1.29. The Kier molecular flexibility index (Phi) is 4.62. The van der Waals surface area contributed by atoms with Crippen molar-refractivity contribution < 1.29 is 5.11 Å². The van der Waals surface area contributed by atoms with Crippen molar-refractivity contribution in [1.29, 1.82) is 0 Å². The summed E-state index contributed by atoms with van der Waals surface area (Å²) in [6.45, 7) is 3.60. The summed E-state index contributed by atoms with van der Waals surface area (Å²) >= 11 is 0. The Morgan fingerprint density at radius 2 is 2.43 bits per heavy atom. The number of nitrogens with zero attached hydrogens (tertiary/aromatic N) is 2. The summed E-state index contributed by atoms with van der Waals surface area (Å²) in [5.41, 5.74) is 1.18. The predicted octanol–water partition coefficient (Wildman–Crippen LogP) is 0.671. The molecule has 0 radical (unpaired) electrons. The Bertz CT molecular complexity index is 258. The number of rotatable bonds is 6. The van der Waals surface area contributed by atoms with Crippen LogP contribution in [0.1, 0.15) is 25.5 Å². The molecule has 0 aliphatic rings. The van der Waals surface area contributed by atoms with E-state index in [9.17, 15) is 0 Å². The second-order valence-corrected chi connectivity index (χ2v) is 3.66. The Hall–Kier alpha value is -0.870. The van der Waals surface area contributed by atoms with Gasteiger partial charge in [-0.05, 0) is 26.3 Å². The molecule has 1 heterocycles. The highest BCUT2D eigenvalue weighted by Crippen LogP contribution is 1.97. The largest absolute Gasteiger partial charge is 0.393 e. The number of hydrogen-bond donors (Lipinski definition) is 2. The molecule has 14 heavy (non-hydrogen) atoms. The van der Waals surface area contributed by atoms with Crippen molar-refractivity contribution in [1.82, 2.24) is 14.9 Å². The van der Waals surface area contributed by atoms with Gasteiger partial charge in [0.2, 0.25) is 0 Å². The van der Waals surface area contributed by atoms with Gasteiger partial charge in [-0.3, -0.25) is 0 Å². The van der Waals surface area contributed by atoms with E-state index >= 15 is 0 Å². The van der Waals surface area contributed by atoms with Crippen LogP contribution in [0.2, 0.25) is 0 Å². The molecule has 0 saturated heterocycles. The lowest BCUT2D eigenvalue weighted by molar-refractivity contribution is 0.181. The third-order valence-corrected chi connectivity index (χ3v) is 2.20. The van der Waals surface area contributed by atoms with Crippen molar-refractivity contribution >= 4 is 0 Å². The van der Waals surface area contributed by atoms with Gasteiger partial charge in [-0.25, -0.2) is 4.98 Å².